The Hall–Kier alpha value is -2.88. The molecule has 0 saturated carbocycles. The Kier molecular flexibility index (Phi) is 3.98. The van der Waals surface area contributed by atoms with Gasteiger partial charge in [0.15, 0.2) is 7.05 Å². The van der Waals surface area contributed by atoms with Crippen molar-refractivity contribution in [2.75, 3.05) is 0 Å². The van der Waals surface area contributed by atoms with E-state index in [-0.39, 0.29) is 0 Å². The van der Waals surface area contributed by atoms with Crippen molar-refractivity contribution < 1.29 is 14.6 Å². The van der Waals surface area contributed by atoms with Crippen LogP contribution in [0.5, 0.6) is 0 Å². The topological polar surface area (TPSA) is 46.1 Å². The standard InChI is InChI=1S/C19H18N2O2/c1-3-16-17(14-10-6-4-7-11-14)21(15-12-8-5-9-13-15)20(2)18(16)19(22)23/h4-13H,3H2,1-2H3/p+1. The molecule has 3 aromatic rings. The van der Waals surface area contributed by atoms with Gasteiger partial charge in [-0.05, 0) is 18.6 Å². The first kappa shape index (κ1) is 15.0. The first-order valence-corrected chi connectivity index (χ1v) is 7.63. The molecule has 0 bridgehead atoms. The Bertz CT molecular complexity index is 837. The second-order valence-corrected chi connectivity index (χ2v) is 5.37. The minimum absolute atomic E-state index is 0.329. The van der Waals surface area contributed by atoms with Crippen LogP contribution < -0.4 is 4.68 Å². The van der Waals surface area contributed by atoms with Gasteiger partial charge >= 0.3 is 11.7 Å². The summed E-state index contributed by atoms with van der Waals surface area (Å²) in [5, 5.41) is 9.68. The molecule has 0 fully saturated rings. The molecule has 116 valence electrons. The molecule has 3 rings (SSSR count). The van der Waals surface area contributed by atoms with E-state index in [1.54, 1.807) is 11.7 Å². The summed E-state index contributed by atoms with van der Waals surface area (Å²) in [6, 6.07) is 19.8. The van der Waals surface area contributed by atoms with Gasteiger partial charge in [0.2, 0.25) is 0 Å². The summed E-state index contributed by atoms with van der Waals surface area (Å²) >= 11 is 0. The molecule has 0 aliphatic carbocycles. The molecule has 0 aliphatic heterocycles. The molecule has 0 atom stereocenters. The van der Waals surface area contributed by atoms with E-state index in [2.05, 4.69) is 0 Å². The van der Waals surface area contributed by atoms with Crippen molar-refractivity contribution in [3.05, 3.63) is 71.9 Å². The molecule has 1 N–H and O–H groups in total. The summed E-state index contributed by atoms with van der Waals surface area (Å²) in [6.07, 6.45) is 0.652. The van der Waals surface area contributed by atoms with Gasteiger partial charge in [-0.2, -0.15) is 0 Å². The van der Waals surface area contributed by atoms with Gasteiger partial charge in [-0.15, -0.1) is 4.68 Å². The molecule has 0 radical (unpaired) electrons. The van der Waals surface area contributed by atoms with Crippen LogP contribution in [0.15, 0.2) is 60.7 Å². The van der Waals surface area contributed by atoms with Gasteiger partial charge in [0, 0.05) is 5.56 Å². The van der Waals surface area contributed by atoms with Crippen LogP contribution in [0.1, 0.15) is 23.0 Å². The Morgan fingerprint density at radius 2 is 1.61 bits per heavy atom. The van der Waals surface area contributed by atoms with Gasteiger partial charge in [-0.3, -0.25) is 0 Å². The number of para-hydroxylation sites is 1. The second-order valence-electron chi connectivity index (χ2n) is 5.37. The van der Waals surface area contributed by atoms with Crippen molar-refractivity contribution in [3.63, 3.8) is 0 Å². The largest absolute Gasteiger partial charge is 0.473 e. The average Bonchev–Trinajstić information content (AvgIpc) is 2.89. The first-order valence-electron chi connectivity index (χ1n) is 7.63. The van der Waals surface area contributed by atoms with Crippen molar-refractivity contribution in [3.8, 4) is 16.9 Å². The molecule has 0 unspecified atom stereocenters. The maximum atomic E-state index is 11.8. The van der Waals surface area contributed by atoms with Crippen molar-refractivity contribution in [2.24, 2.45) is 7.05 Å². The van der Waals surface area contributed by atoms with E-state index >= 15 is 0 Å². The summed E-state index contributed by atoms with van der Waals surface area (Å²) < 4.78 is 3.69. The van der Waals surface area contributed by atoms with Gasteiger partial charge in [-0.1, -0.05) is 60.1 Å². The Morgan fingerprint density at radius 3 is 2.13 bits per heavy atom. The Balaban J connectivity index is 2.40. The zero-order valence-corrected chi connectivity index (χ0v) is 13.2. The van der Waals surface area contributed by atoms with Gasteiger partial charge < -0.3 is 5.11 Å². The van der Waals surface area contributed by atoms with Crippen LogP contribution in [0.4, 0.5) is 0 Å². The van der Waals surface area contributed by atoms with E-state index in [0.29, 0.717) is 12.1 Å². The van der Waals surface area contributed by atoms with E-state index in [0.717, 1.165) is 22.5 Å². The number of aromatic nitrogens is 2. The summed E-state index contributed by atoms with van der Waals surface area (Å²) in [5.41, 5.74) is 4.05. The van der Waals surface area contributed by atoms with Gasteiger partial charge in [0.05, 0.1) is 5.56 Å². The molecule has 4 heteroatoms. The van der Waals surface area contributed by atoms with E-state index < -0.39 is 5.97 Å². The van der Waals surface area contributed by atoms with Crippen LogP contribution in [-0.4, -0.2) is 15.8 Å². The highest BCUT2D eigenvalue weighted by atomic mass is 16.4. The average molecular weight is 307 g/mol. The number of aromatic carboxylic acids is 1. The van der Waals surface area contributed by atoms with Crippen molar-refractivity contribution in [2.45, 2.75) is 13.3 Å². The Labute approximate surface area is 135 Å². The lowest BCUT2D eigenvalue weighted by Gasteiger charge is -2.07. The number of benzene rings is 2. The summed E-state index contributed by atoms with van der Waals surface area (Å²) in [6.45, 7) is 1.99. The minimum Gasteiger partial charge on any atom is -0.473 e. The minimum atomic E-state index is -0.906. The van der Waals surface area contributed by atoms with Gasteiger partial charge in [0.1, 0.15) is 11.4 Å². The van der Waals surface area contributed by atoms with Crippen LogP contribution in [0.2, 0.25) is 0 Å². The molecule has 0 spiro atoms. The fourth-order valence-corrected chi connectivity index (χ4v) is 3.05. The highest BCUT2D eigenvalue weighted by Crippen LogP contribution is 2.28. The third kappa shape index (κ3) is 2.52. The Morgan fingerprint density at radius 1 is 1.04 bits per heavy atom. The van der Waals surface area contributed by atoms with Crippen LogP contribution in [0.3, 0.4) is 0 Å². The third-order valence-electron chi connectivity index (χ3n) is 4.01. The lowest BCUT2D eigenvalue weighted by molar-refractivity contribution is -0.745. The van der Waals surface area contributed by atoms with Gasteiger partial charge in [0.25, 0.3) is 0 Å². The monoisotopic (exact) mass is 307 g/mol. The summed E-state index contributed by atoms with van der Waals surface area (Å²) in [4.78, 5) is 11.8. The normalized spacial score (nSPS) is 10.7. The van der Waals surface area contributed by atoms with Crippen LogP contribution in [-0.2, 0) is 13.5 Å². The molecule has 4 nitrogen and oxygen atoms in total. The summed E-state index contributed by atoms with van der Waals surface area (Å²) in [5.74, 6) is -0.906. The smallest absolute Gasteiger partial charge is 0.404 e. The van der Waals surface area contributed by atoms with Crippen LogP contribution >= 0.6 is 0 Å². The molecule has 1 heterocycles. The number of carboxylic acid groups (broad SMARTS) is 1. The fourth-order valence-electron chi connectivity index (χ4n) is 3.05. The molecule has 0 amide bonds. The number of carbonyl (C=O) groups is 1. The zero-order chi connectivity index (χ0) is 16.4. The number of nitrogens with zero attached hydrogens (tertiary/aromatic N) is 2. The molecule has 0 aliphatic rings. The van der Waals surface area contributed by atoms with E-state index in [1.807, 2.05) is 72.3 Å². The highest BCUT2D eigenvalue weighted by Gasteiger charge is 2.33. The van der Waals surface area contributed by atoms with Gasteiger partial charge in [-0.25, -0.2) is 4.79 Å². The molecule has 23 heavy (non-hydrogen) atoms. The highest BCUT2D eigenvalue weighted by molar-refractivity contribution is 5.88. The molecule has 1 aromatic heterocycles. The van der Waals surface area contributed by atoms with Crippen molar-refractivity contribution in [1.82, 2.24) is 4.68 Å². The first-order chi connectivity index (χ1) is 11.1. The third-order valence-corrected chi connectivity index (χ3v) is 4.01. The zero-order valence-electron chi connectivity index (χ0n) is 13.2. The van der Waals surface area contributed by atoms with Crippen molar-refractivity contribution >= 4 is 5.97 Å². The number of carboxylic acids is 1. The maximum absolute atomic E-state index is 11.8. The second kappa shape index (κ2) is 6.08. The molecule has 2 aromatic carbocycles. The lowest BCUT2D eigenvalue weighted by Crippen LogP contribution is -2.43. The van der Waals surface area contributed by atoms with Crippen LogP contribution in [0, 0.1) is 0 Å². The van der Waals surface area contributed by atoms with Crippen molar-refractivity contribution in [1.29, 1.82) is 0 Å². The predicted octanol–water partition coefficient (Wildman–Crippen LogP) is 3.23. The predicted molar refractivity (Wildman–Crippen MR) is 88.7 cm³/mol. The fraction of sp³-hybridized carbons (Fsp3) is 0.158. The van der Waals surface area contributed by atoms with E-state index in [1.165, 1.54) is 0 Å². The van der Waals surface area contributed by atoms with E-state index in [4.69, 9.17) is 0 Å². The quantitative estimate of drug-likeness (QED) is 0.752. The molecule has 0 saturated heterocycles. The summed E-state index contributed by atoms with van der Waals surface area (Å²) in [7, 11) is 1.79. The number of hydrogen-bond donors (Lipinski definition) is 1. The van der Waals surface area contributed by atoms with Crippen LogP contribution in [0.25, 0.3) is 16.9 Å². The lowest BCUT2D eigenvalue weighted by atomic mass is 10.0. The van der Waals surface area contributed by atoms with E-state index in [9.17, 15) is 9.90 Å². The maximum Gasteiger partial charge on any atom is 0.404 e. The molecular weight excluding hydrogens is 288 g/mol. The SMILES string of the molecule is CCc1c(-c2ccccc2)n(-c2ccccc2)[n+](C)c1C(=O)O. The number of rotatable bonds is 4. The molecular formula is C19H19N2O2+. The number of hydrogen-bond acceptors (Lipinski definition) is 1.